The van der Waals surface area contributed by atoms with Crippen LogP contribution in [0.15, 0.2) is 0 Å². The van der Waals surface area contributed by atoms with Gasteiger partial charge in [-0.15, -0.1) is 0 Å². The molecule has 0 aromatic carbocycles. The van der Waals surface area contributed by atoms with E-state index in [0.717, 1.165) is 13.0 Å². The Balaban J connectivity index is 2.16. The minimum Gasteiger partial charge on any atom is -0.461 e. The number of anilines is 2. The highest BCUT2D eigenvalue weighted by molar-refractivity contribution is 5.86. The van der Waals surface area contributed by atoms with E-state index in [4.69, 9.17) is 4.74 Å². The number of likely N-dealkylation sites (tertiary alicyclic amines) is 1. The van der Waals surface area contributed by atoms with Crippen molar-refractivity contribution < 1.29 is 9.53 Å². The van der Waals surface area contributed by atoms with Gasteiger partial charge in [0.05, 0.1) is 6.10 Å². The smallest absolute Gasteiger partial charge is 0.323 e. The summed E-state index contributed by atoms with van der Waals surface area (Å²) >= 11 is 0. The van der Waals surface area contributed by atoms with E-state index in [9.17, 15) is 4.79 Å². The van der Waals surface area contributed by atoms with E-state index in [1.807, 2.05) is 13.8 Å². The third-order valence-corrected chi connectivity index (χ3v) is 2.91. The van der Waals surface area contributed by atoms with Crippen LogP contribution in [0.5, 0.6) is 6.01 Å². The number of ether oxygens (including phenoxy) is 1. The first-order chi connectivity index (χ1) is 9.49. The summed E-state index contributed by atoms with van der Waals surface area (Å²) in [5, 5.41) is 5.88. The van der Waals surface area contributed by atoms with Crippen molar-refractivity contribution in [3.63, 3.8) is 0 Å². The summed E-state index contributed by atoms with van der Waals surface area (Å²) in [6.45, 7) is 4.52. The highest BCUT2D eigenvalue weighted by Gasteiger charge is 2.29. The zero-order chi connectivity index (χ0) is 14.7. The molecule has 2 rings (SSSR count). The van der Waals surface area contributed by atoms with Crippen LogP contribution in [0.4, 0.5) is 11.9 Å². The monoisotopic (exact) mass is 280 g/mol. The van der Waals surface area contributed by atoms with Crippen LogP contribution in [-0.4, -0.2) is 58.5 Å². The molecule has 2 heterocycles. The molecule has 110 valence electrons. The molecule has 1 aliphatic heterocycles. The Hall–Kier alpha value is -2.12. The normalized spacial score (nSPS) is 18.6. The predicted molar refractivity (Wildman–Crippen MR) is 74.8 cm³/mol. The molecule has 2 N–H and O–H groups in total. The van der Waals surface area contributed by atoms with Gasteiger partial charge in [0, 0.05) is 20.6 Å². The van der Waals surface area contributed by atoms with Gasteiger partial charge in [0.2, 0.25) is 17.8 Å². The van der Waals surface area contributed by atoms with Crippen LogP contribution in [0, 0.1) is 0 Å². The first-order valence-electron chi connectivity index (χ1n) is 6.61. The maximum Gasteiger partial charge on any atom is 0.323 e. The second-order valence-corrected chi connectivity index (χ2v) is 4.93. The van der Waals surface area contributed by atoms with Gasteiger partial charge in [-0.05, 0) is 20.3 Å². The van der Waals surface area contributed by atoms with Gasteiger partial charge >= 0.3 is 6.01 Å². The second-order valence-electron chi connectivity index (χ2n) is 4.93. The molecule has 1 amide bonds. The van der Waals surface area contributed by atoms with Gasteiger partial charge in [0.25, 0.3) is 0 Å². The Bertz CT molecular complexity index is 493. The number of rotatable bonds is 5. The van der Waals surface area contributed by atoms with Crippen molar-refractivity contribution in [2.24, 2.45) is 0 Å². The van der Waals surface area contributed by atoms with E-state index < -0.39 is 0 Å². The highest BCUT2D eigenvalue weighted by Crippen LogP contribution is 2.16. The van der Waals surface area contributed by atoms with Crippen LogP contribution >= 0.6 is 0 Å². The molecule has 1 aliphatic rings. The van der Waals surface area contributed by atoms with Crippen LogP contribution in [0.25, 0.3) is 0 Å². The van der Waals surface area contributed by atoms with Crippen molar-refractivity contribution in [3.05, 3.63) is 0 Å². The quantitative estimate of drug-likeness (QED) is 0.803. The largest absolute Gasteiger partial charge is 0.461 e. The van der Waals surface area contributed by atoms with Gasteiger partial charge in [-0.1, -0.05) is 0 Å². The SMILES string of the molecule is CNc1nc(NC2CCN(C)C2=O)nc(OC(C)C)n1. The Morgan fingerprint density at radius 3 is 2.55 bits per heavy atom. The van der Waals surface area contributed by atoms with Crippen LogP contribution in [0.2, 0.25) is 0 Å². The van der Waals surface area contributed by atoms with Gasteiger partial charge in [-0.25, -0.2) is 0 Å². The molecule has 0 bridgehead atoms. The topological polar surface area (TPSA) is 92.3 Å². The van der Waals surface area contributed by atoms with E-state index >= 15 is 0 Å². The first kappa shape index (κ1) is 14.3. The fraction of sp³-hybridized carbons (Fsp3) is 0.667. The fourth-order valence-corrected chi connectivity index (χ4v) is 1.91. The zero-order valence-electron chi connectivity index (χ0n) is 12.2. The molecular formula is C12H20N6O2. The first-order valence-corrected chi connectivity index (χ1v) is 6.61. The highest BCUT2D eigenvalue weighted by atomic mass is 16.5. The summed E-state index contributed by atoms with van der Waals surface area (Å²) in [4.78, 5) is 26.0. The number of amides is 1. The molecule has 1 unspecified atom stereocenters. The molecule has 20 heavy (non-hydrogen) atoms. The summed E-state index contributed by atoms with van der Waals surface area (Å²) in [6.07, 6.45) is 0.699. The number of likely N-dealkylation sites (N-methyl/N-ethyl adjacent to an activating group) is 1. The minimum atomic E-state index is -0.293. The van der Waals surface area contributed by atoms with Crippen LogP contribution in [0.1, 0.15) is 20.3 Å². The van der Waals surface area contributed by atoms with Gasteiger partial charge < -0.3 is 20.3 Å². The van der Waals surface area contributed by atoms with E-state index in [2.05, 4.69) is 25.6 Å². The molecule has 8 nitrogen and oxygen atoms in total. The molecule has 0 radical (unpaired) electrons. The lowest BCUT2D eigenvalue weighted by Gasteiger charge is -2.14. The molecule has 0 aliphatic carbocycles. The fourth-order valence-electron chi connectivity index (χ4n) is 1.91. The van der Waals surface area contributed by atoms with E-state index in [1.54, 1.807) is 19.0 Å². The van der Waals surface area contributed by atoms with Crippen LogP contribution < -0.4 is 15.4 Å². The van der Waals surface area contributed by atoms with Crippen molar-refractivity contribution in [1.82, 2.24) is 19.9 Å². The lowest BCUT2D eigenvalue weighted by Crippen LogP contribution is -2.31. The van der Waals surface area contributed by atoms with Crippen molar-refractivity contribution in [2.45, 2.75) is 32.4 Å². The third kappa shape index (κ3) is 3.25. The molecular weight excluding hydrogens is 260 g/mol. The number of nitrogens with zero attached hydrogens (tertiary/aromatic N) is 4. The van der Waals surface area contributed by atoms with Gasteiger partial charge in [-0.2, -0.15) is 15.0 Å². The molecule has 1 fully saturated rings. The zero-order valence-corrected chi connectivity index (χ0v) is 12.2. The second kappa shape index (κ2) is 5.89. The Labute approximate surface area is 118 Å². The van der Waals surface area contributed by atoms with Crippen LogP contribution in [0.3, 0.4) is 0 Å². The molecule has 1 saturated heterocycles. The average molecular weight is 280 g/mol. The van der Waals surface area contributed by atoms with Gasteiger partial charge in [-0.3, -0.25) is 4.79 Å². The van der Waals surface area contributed by atoms with Crippen molar-refractivity contribution in [1.29, 1.82) is 0 Å². The van der Waals surface area contributed by atoms with E-state index in [-0.39, 0.29) is 24.1 Å². The van der Waals surface area contributed by atoms with Gasteiger partial charge in [0.1, 0.15) is 6.04 Å². The maximum atomic E-state index is 11.9. The predicted octanol–water partition coefficient (Wildman–Crippen LogP) is 0.343. The minimum absolute atomic E-state index is 0.0331. The summed E-state index contributed by atoms with van der Waals surface area (Å²) in [5.41, 5.74) is 0. The van der Waals surface area contributed by atoms with E-state index in [1.165, 1.54) is 0 Å². The third-order valence-electron chi connectivity index (χ3n) is 2.91. The average Bonchev–Trinajstić information content (AvgIpc) is 2.69. The molecule has 0 spiro atoms. The number of hydrogen-bond donors (Lipinski definition) is 2. The number of carbonyl (C=O) groups is 1. The van der Waals surface area contributed by atoms with Crippen LogP contribution in [-0.2, 0) is 4.79 Å². The molecule has 0 saturated carbocycles. The lowest BCUT2D eigenvalue weighted by atomic mass is 10.2. The van der Waals surface area contributed by atoms with E-state index in [0.29, 0.717) is 11.9 Å². The van der Waals surface area contributed by atoms with Crippen molar-refractivity contribution in [3.8, 4) is 6.01 Å². The number of hydrogen-bond acceptors (Lipinski definition) is 7. The summed E-state index contributed by atoms with van der Waals surface area (Å²) in [6, 6.07) is -0.0559. The van der Waals surface area contributed by atoms with Crippen molar-refractivity contribution in [2.75, 3.05) is 31.3 Å². The van der Waals surface area contributed by atoms with Gasteiger partial charge in [0.15, 0.2) is 0 Å². The Morgan fingerprint density at radius 2 is 2.00 bits per heavy atom. The number of carbonyl (C=O) groups excluding carboxylic acids is 1. The number of aromatic nitrogens is 3. The maximum absolute atomic E-state index is 11.9. The van der Waals surface area contributed by atoms with Crippen molar-refractivity contribution >= 4 is 17.8 Å². The molecule has 1 atom stereocenters. The molecule has 1 aromatic heterocycles. The Kier molecular flexibility index (Phi) is 4.21. The summed E-state index contributed by atoms with van der Waals surface area (Å²) < 4.78 is 5.47. The summed E-state index contributed by atoms with van der Waals surface area (Å²) in [5.74, 6) is 0.786. The Morgan fingerprint density at radius 1 is 1.30 bits per heavy atom. The molecule has 1 aromatic rings. The molecule has 8 heteroatoms. The standard InChI is InChI=1S/C12H20N6O2/c1-7(2)20-12-16-10(13-3)15-11(17-12)14-8-5-6-18(4)9(8)19/h7-8H,5-6H2,1-4H3,(H2,13,14,15,16,17). The summed E-state index contributed by atoms with van der Waals surface area (Å²) in [7, 11) is 3.50. The lowest BCUT2D eigenvalue weighted by molar-refractivity contribution is -0.127. The number of nitrogens with one attached hydrogen (secondary N) is 2.